The zero-order chi connectivity index (χ0) is 13.5. The maximum Gasteiger partial charge on any atom is 0.387 e. The predicted molar refractivity (Wildman–Crippen MR) is 61.7 cm³/mol. The lowest BCUT2D eigenvalue weighted by Crippen LogP contribution is -2.27. The highest BCUT2D eigenvalue weighted by Crippen LogP contribution is 2.28. The second-order valence-electron chi connectivity index (χ2n) is 3.65. The van der Waals surface area contributed by atoms with Crippen LogP contribution in [-0.4, -0.2) is 24.2 Å². The third-order valence-corrected chi connectivity index (χ3v) is 2.42. The van der Waals surface area contributed by atoms with Gasteiger partial charge < -0.3 is 9.84 Å². The Hall–Kier alpha value is -1.69. The van der Waals surface area contributed by atoms with E-state index in [1.54, 1.807) is 18.2 Å². The minimum absolute atomic E-state index is 0.0669. The molecule has 1 unspecified atom stereocenters. The molecule has 0 fully saturated rings. The zero-order valence-electron chi connectivity index (χ0n) is 9.90. The molecule has 4 nitrogen and oxygen atoms in total. The summed E-state index contributed by atoms with van der Waals surface area (Å²) in [4.78, 5) is 10.5. The van der Waals surface area contributed by atoms with Gasteiger partial charge >= 0.3 is 12.6 Å². The Labute approximate surface area is 104 Å². The molecule has 0 amide bonds. The van der Waals surface area contributed by atoms with Crippen LogP contribution in [0.2, 0.25) is 0 Å². The summed E-state index contributed by atoms with van der Waals surface area (Å²) in [5, 5.41) is 11.4. The largest absolute Gasteiger partial charge is 0.480 e. The molecule has 2 N–H and O–H groups in total. The van der Waals surface area contributed by atoms with Gasteiger partial charge in [-0.1, -0.05) is 25.1 Å². The van der Waals surface area contributed by atoms with Gasteiger partial charge in [0.15, 0.2) is 0 Å². The van der Waals surface area contributed by atoms with E-state index >= 15 is 0 Å². The Morgan fingerprint density at radius 2 is 2.11 bits per heavy atom. The molecular formula is C12H15F2NO3. The lowest BCUT2D eigenvalue weighted by Gasteiger charge is -2.19. The molecule has 1 aromatic rings. The van der Waals surface area contributed by atoms with Crippen molar-refractivity contribution < 1.29 is 23.4 Å². The molecule has 18 heavy (non-hydrogen) atoms. The van der Waals surface area contributed by atoms with Crippen molar-refractivity contribution in [3.05, 3.63) is 29.8 Å². The van der Waals surface area contributed by atoms with E-state index in [4.69, 9.17) is 5.11 Å². The number of para-hydroxylation sites is 1. The average Bonchev–Trinajstić information content (AvgIpc) is 2.30. The first-order valence-corrected chi connectivity index (χ1v) is 5.53. The van der Waals surface area contributed by atoms with Crippen molar-refractivity contribution >= 4 is 5.97 Å². The van der Waals surface area contributed by atoms with Crippen LogP contribution in [0.1, 0.15) is 24.9 Å². The first kappa shape index (κ1) is 14.4. The standard InChI is InChI=1S/C12H15F2NO3/c1-2-9(15-7-11(16)17)8-5-3-4-6-10(8)18-12(13)14/h3-6,9,12,15H,2,7H2,1H3,(H,16,17). The lowest BCUT2D eigenvalue weighted by molar-refractivity contribution is -0.136. The zero-order valence-corrected chi connectivity index (χ0v) is 9.90. The van der Waals surface area contributed by atoms with Gasteiger partial charge in [-0.2, -0.15) is 8.78 Å². The van der Waals surface area contributed by atoms with Gasteiger partial charge in [0.2, 0.25) is 0 Å². The number of benzene rings is 1. The van der Waals surface area contributed by atoms with Crippen molar-refractivity contribution in [2.45, 2.75) is 26.0 Å². The van der Waals surface area contributed by atoms with E-state index in [0.717, 1.165) is 0 Å². The maximum absolute atomic E-state index is 12.2. The van der Waals surface area contributed by atoms with E-state index < -0.39 is 12.6 Å². The Balaban J connectivity index is 2.86. The number of ether oxygens (including phenoxy) is 1. The van der Waals surface area contributed by atoms with Crippen molar-refractivity contribution in [3.8, 4) is 5.75 Å². The summed E-state index contributed by atoms with van der Waals surface area (Å²) in [6.07, 6.45) is 0.566. The highest BCUT2D eigenvalue weighted by atomic mass is 19.3. The molecule has 0 heterocycles. The SMILES string of the molecule is CCC(NCC(=O)O)c1ccccc1OC(F)F. The summed E-state index contributed by atoms with van der Waals surface area (Å²) < 4.78 is 28.9. The van der Waals surface area contributed by atoms with Gasteiger partial charge in [-0.05, 0) is 12.5 Å². The highest BCUT2D eigenvalue weighted by molar-refractivity contribution is 5.69. The van der Waals surface area contributed by atoms with Gasteiger partial charge in [0.1, 0.15) is 5.75 Å². The van der Waals surface area contributed by atoms with Crippen LogP contribution in [0.5, 0.6) is 5.75 Å². The molecule has 1 aromatic carbocycles. The second kappa shape index (κ2) is 6.90. The van der Waals surface area contributed by atoms with Crippen LogP contribution in [0.25, 0.3) is 0 Å². The minimum Gasteiger partial charge on any atom is -0.480 e. The van der Waals surface area contributed by atoms with Crippen LogP contribution in [0.15, 0.2) is 24.3 Å². The first-order valence-electron chi connectivity index (χ1n) is 5.53. The molecule has 0 aromatic heterocycles. The first-order chi connectivity index (χ1) is 8.54. The monoisotopic (exact) mass is 259 g/mol. The summed E-state index contributed by atoms with van der Waals surface area (Å²) in [6, 6.07) is 6.02. The number of carboxylic acids is 1. The predicted octanol–water partition coefficient (Wildman–Crippen LogP) is 2.41. The third kappa shape index (κ3) is 4.29. The van der Waals surface area contributed by atoms with Crippen LogP contribution in [0.4, 0.5) is 8.78 Å². The number of nitrogens with one attached hydrogen (secondary N) is 1. The van der Waals surface area contributed by atoms with Gasteiger partial charge in [0, 0.05) is 11.6 Å². The number of aliphatic carboxylic acids is 1. The quantitative estimate of drug-likeness (QED) is 0.789. The Morgan fingerprint density at radius 1 is 1.44 bits per heavy atom. The summed E-state index contributed by atoms with van der Waals surface area (Å²) in [7, 11) is 0. The van der Waals surface area contributed by atoms with E-state index in [2.05, 4.69) is 10.1 Å². The second-order valence-corrected chi connectivity index (χ2v) is 3.65. The smallest absolute Gasteiger partial charge is 0.387 e. The molecule has 0 aliphatic heterocycles. The van der Waals surface area contributed by atoms with E-state index in [9.17, 15) is 13.6 Å². The molecule has 0 saturated carbocycles. The van der Waals surface area contributed by atoms with E-state index in [-0.39, 0.29) is 18.3 Å². The fourth-order valence-electron chi connectivity index (χ4n) is 1.66. The number of rotatable bonds is 7. The molecule has 0 saturated heterocycles. The number of hydrogen-bond donors (Lipinski definition) is 2. The van der Waals surface area contributed by atoms with Gasteiger partial charge in [-0.3, -0.25) is 10.1 Å². The summed E-state index contributed by atoms with van der Waals surface area (Å²) in [5.74, 6) is -0.932. The van der Waals surface area contributed by atoms with Crippen molar-refractivity contribution in [2.75, 3.05) is 6.54 Å². The van der Waals surface area contributed by atoms with Gasteiger partial charge in [0.25, 0.3) is 0 Å². The Kier molecular flexibility index (Phi) is 5.51. The van der Waals surface area contributed by atoms with Crippen LogP contribution in [0.3, 0.4) is 0 Å². The molecule has 6 heteroatoms. The Bertz CT molecular complexity index is 399. The van der Waals surface area contributed by atoms with Crippen LogP contribution >= 0.6 is 0 Å². The minimum atomic E-state index is -2.90. The topological polar surface area (TPSA) is 58.6 Å². The fraction of sp³-hybridized carbons (Fsp3) is 0.417. The van der Waals surface area contributed by atoms with Crippen LogP contribution in [-0.2, 0) is 4.79 Å². The van der Waals surface area contributed by atoms with Crippen molar-refractivity contribution in [1.82, 2.24) is 5.32 Å². The van der Waals surface area contributed by atoms with Crippen LogP contribution in [0, 0.1) is 0 Å². The molecular weight excluding hydrogens is 244 g/mol. The molecule has 0 aliphatic carbocycles. The number of carboxylic acid groups (broad SMARTS) is 1. The van der Waals surface area contributed by atoms with Crippen molar-refractivity contribution in [2.24, 2.45) is 0 Å². The van der Waals surface area contributed by atoms with Crippen molar-refractivity contribution in [1.29, 1.82) is 0 Å². The maximum atomic E-state index is 12.2. The van der Waals surface area contributed by atoms with E-state index in [0.29, 0.717) is 12.0 Å². The average molecular weight is 259 g/mol. The highest BCUT2D eigenvalue weighted by Gasteiger charge is 2.16. The molecule has 0 bridgehead atoms. The Morgan fingerprint density at radius 3 is 2.67 bits per heavy atom. The summed E-state index contributed by atoms with van der Waals surface area (Å²) in [6.45, 7) is -1.30. The summed E-state index contributed by atoms with van der Waals surface area (Å²) in [5.41, 5.74) is 0.529. The van der Waals surface area contributed by atoms with Crippen molar-refractivity contribution in [3.63, 3.8) is 0 Å². The fourth-order valence-corrected chi connectivity index (χ4v) is 1.66. The van der Waals surface area contributed by atoms with Gasteiger partial charge in [0.05, 0.1) is 6.54 Å². The molecule has 0 radical (unpaired) electrons. The normalized spacial score (nSPS) is 12.4. The van der Waals surface area contributed by atoms with E-state index in [1.165, 1.54) is 6.07 Å². The molecule has 0 aliphatic rings. The van der Waals surface area contributed by atoms with Gasteiger partial charge in [-0.25, -0.2) is 0 Å². The molecule has 1 rings (SSSR count). The third-order valence-electron chi connectivity index (χ3n) is 2.42. The number of halogens is 2. The number of alkyl halides is 2. The molecule has 100 valence electrons. The van der Waals surface area contributed by atoms with Crippen LogP contribution < -0.4 is 10.1 Å². The summed E-state index contributed by atoms with van der Waals surface area (Å²) >= 11 is 0. The number of carbonyl (C=O) groups is 1. The molecule has 1 atom stereocenters. The molecule has 0 spiro atoms. The van der Waals surface area contributed by atoms with Gasteiger partial charge in [-0.15, -0.1) is 0 Å². The lowest BCUT2D eigenvalue weighted by atomic mass is 10.0. The van der Waals surface area contributed by atoms with E-state index in [1.807, 2.05) is 6.92 Å². The number of hydrogen-bond acceptors (Lipinski definition) is 3.